The summed E-state index contributed by atoms with van der Waals surface area (Å²) in [4.78, 5) is 15.4. The van der Waals surface area contributed by atoms with Crippen molar-refractivity contribution < 1.29 is 4.79 Å². The lowest BCUT2D eigenvalue weighted by molar-refractivity contribution is -0.118. The van der Waals surface area contributed by atoms with Crippen molar-refractivity contribution in [3.05, 3.63) is 41.6 Å². The lowest BCUT2D eigenvalue weighted by Crippen LogP contribution is -2.21. The van der Waals surface area contributed by atoms with Crippen molar-refractivity contribution in [3.63, 3.8) is 0 Å². The summed E-state index contributed by atoms with van der Waals surface area (Å²) in [5.41, 5.74) is 13.9. The summed E-state index contributed by atoms with van der Waals surface area (Å²) in [6.45, 7) is 1.91. The summed E-state index contributed by atoms with van der Waals surface area (Å²) in [5.74, 6) is -0.393. The topological polar surface area (TPSA) is 82.0 Å². The number of hydrogen-bond acceptors (Lipinski definition) is 3. The van der Waals surface area contributed by atoms with Gasteiger partial charge in [0.15, 0.2) is 0 Å². The van der Waals surface area contributed by atoms with Gasteiger partial charge in [-0.3, -0.25) is 9.78 Å². The molecule has 0 fully saturated rings. The molecule has 4 N–H and O–H groups in total. The van der Waals surface area contributed by atoms with Gasteiger partial charge < -0.3 is 11.5 Å². The Morgan fingerprint density at radius 1 is 1.41 bits per heavy atom. The van der Waals surface area contributed by atoms with E-state index < -0.39 is 5.91 Å². The van der Waals surface area contributed by atoms with Crippen LogP contribution in [0.5, 0.6) is 0 Å². The van der Waals surface area contributed by atoms with Crippen LogP contribution in [0.3, 0.4) is 0 Å². The highest BCUT2D eigenvalue weighted by atomic mass is 16.1. The standard InChI is InChI=1S/C13H15N3O/c1-8-6-10(11(14)7-13(15)17)9-4-2-3-5-12(9)16-8/h2-6,11H,7,14H2,1H3,(H2,15,17)/t11-/m0/s1. The first-order chi connectivity index (χ1) is 8.08. The van der Waals surface area contributed by atoms with E-state index in [1.165, 1.54) is 0 Å². The van der Waals surface area contributed by atoms with Gasteiger partial charge in [-0.15, -0.1) is 0 Å². The van der Waals surface area contributed by atoms with Crippen LogP contribution in [0.15, 0.2) is 30.3 Å². The molecule has 0 unspecified atom stereocenters. The number of primary amides is 1. The Bertz CT molecular complexity index is 566. The maximum Gasteiger partial charge on any atom is 0.219 e. The number of carbonyl (C=O) groups excluding carboxylic acids is 1. The number of carbonyl (C=O) groups is 1. The largest absolute Gasteiger partial charge is 0.370 e. The van der Waals surface area contributed by atoms with Gasteiger partial charge in [0.25, 0.3) is 0 Å². The van der Waals surface area contributed by atoms with Crippen molar-refractivity contribution in [2.75, 3.05) is 0 Å². The third-order valence-electron chi connectivity index (χ3n) is 2.70. The third-order valence-corrected chi connectivity index (χ3v) is 2.70. The molecule has 0 aliphatic heterocycles. The van der Waals surface area contributed by atoms with Gasteiger partial charge in [0.2, 0.25) is 5.91 Å². The second kappa shape index (κ2) is 4.51. The molecule has 0 aliphatic rings. The monoisotopic (exact) mass is 229 g/mol. The molecule has 0 saturated carbocycles. The average Bonchev–Trinajstić information content (AvgIpc) is 2.26. The van der Waals surface area contributed by atoms with Crippen LogP contribution in [-0.4, -0.2) is 10.9 Å². The summed E-state index contributed by atoms with van der Waals surface area (Å²) in [6, 6.07) is 9.29. The smallest absolute Gasteiger partial charge is 0.219 e. The minimum absolute atomic E-state index is 0.146. The molecule has 4 heteroatoms. The number of amides is 1. The van der Waals surface area contributed by atoms with E-state index in [4.69, 9.17) is 11.5 Å². The van der Waals surface area contributed by atoms with Gasteiger partial charge >= 0.3 is 0 Å². The van der Waals surface area contributed by atoms with Crippen LogP contribution in [0.2, 0.25) is 0 Å². The van der Waals surface area contributed by atoms with E-state index in [0.29, 0.717) is 0 Å². The van der Waals surface area contributed by atoms with Gasteiger partial charge in [-0.1, -0.05) is 18.2 Å². The first-order valence-corrected chi connectivity index (χ1v) is 5.48. The quantitative estimate of drug-likeness (QED) is 0.835. The molecular weight excluding hydrogens is 214 g/mol. The number of aryl methyl sites for hydroxylation is 1. The predicted octanol–water partition coefficient (Wildman–Crippen LogP) is 1.42. The van der Waals surface area contributed by atoms with Crippen LogP contribution in [0.25, 0.3) is 10.9 Å². The summed E-state index contributed by atoms with van der Waals surface area (Å²) in [7, 11) is 0. The van der Waals surface area contributed by atoms with E-state index in [-0.39, 0.29) is 12.5 Å². The van der Waals surface area contributed by atoms with Gasteiger partial charge in [0.1, 0.15) is 0 Å². The molecular formula is C13H15N3O. The highest BCUT2D eigenvalue weighted by molar-refractivity contribution is 5.84. The highest BCUT2D eigenvalue weighted by Crippen LogP contribution is 2.24. The van der Waals surface area contributed by atoms with Crippen LogP contribution in [0.4, 0.5) is 0 Å². The summed E-state index contributed by atoms with van der Waals surface area (Å²) >= 11 is 0. The molecule has 1 heterocycles. The minimum Gasteiger partial charge on any atom is -0.370 e. The molecule has 4 nitrogen and oxygen atoms in total. The zero-order valence-corrected chi connectivity index (χ0v) is 9.68. The SMILES string of the molecule is Cc1cc([C@@H](N)CC(N)=O)c2ccccc2n1. The van der Waals surface area contributed by atoms with Gasteiger partial charge in [-0.25, -0.2) is 0 Å². The molecule has 0 radical (unpaired) electrons. The van der Waals surface area contributed by atoms with Gasteiger partial charge in [-0.05, 0) is 24.6 Å². The van der Waals surface area contributed by atoms with Crippen LogP contribution in [0, 0.1) is 6.92 Å². The molecule has 0 saturated heterocycles. The second-order valence-electron chi connectivity index (χ2n) is 4.15. The van der Waals surface area contributed by atoms with Crippen molar-refractivity contribution in [2.24, 2.45) is 11.5 Å². The van der Waals surface area contributed by atoms with E-state index in [1.807, 2.05) is 37.3 Å². The number of nitrogens with zero attached hydrogens (tertiary/aromatic N) is 1. The molecule has 1 aromatic carbocycles. The normalized spacial score (nSPS) is 12.6. The summed E-state index contributed by atoms with van der Waals surface area (Å²) in [6.07, 6.45) is 0.146. The maximum absolute atomic E-state index is 10.9. The Balaban J connectivity index is 2.55. The molecule has 2 aromatic rings. The van der Waals surface area contributed by atoms with E-state index in [9.17, 15) is 4.79 Å². The predicted molar refractivity (Wildman–Crippen MR) is 67.2 cm³/mol. The van der Waals surface area contributed by atoms with Crippen molar-refractivity contribution >= 4 is 16.8 Å². The van der Waals surface area contributed by atoms with Crippen molar-refractivity contribution in [2.45, 2.75) is 19.4 Å². The molecule has 0 bridgehead atoms. The highest BCUT2D eigenvalue weighted by Gasteiger charge is 2.13. The van der Waals surface area contributed by atoms with E-state index >= 15 is 0 Å². The zero-order chi connectivity index (χ0) is 12.4. The number of hydrogen-bond donors (Lipinski definition) is 2. The molecule has 88 valence electrons. The molecule has 0 spiro atoms. The Labute approximate surface area is 99.6 Å². The number of rotatable bonds is 3. The maximum atomic E-state index is 10.9. The number of aromatic nitrogens is 1. The van der Waals surface area contributed by atoms with Crippen LogP contribution >= 0.6 is 0 Å². The number of nitrogens with two attached hydrogens (primary N) is 2. The molecule has 2 rings (SSSR count). The Morgan fingerprint density at radius 2 is 2.12 bits per heavy atom. The number of para-hydroxylation sites is 1. The molecule has 0 aliphatic carbocycles. The van der Waals surface area contributed by atoms with E-state index in [2.05, 4.69) is 4.98 Å². The van der Waals surface area contributed by atoms with Gasteiger partial charge in [0, 0.05) is 23.5 Å². The molecule has 1 amide bonds. The van der Waals surface area contributed by atoms with Crippen molar-refractivity contribution in [1.82, 2.24) is 4.98 Å². The fraction of sp³-hybridized carbons (Fsp3) is 0.231. The molecule has 1 atom stereocenters. The van der Waals surface area contributed by atoms with Crippen LogP contribution in [-0.2, 0) is 4.79 Å². The average molecular weight is 229 g/mol. The summed E-state index contributed by atoms with van der Waals surface area (Å²) < 4.78 is 0. The van der Waals surface area contributed by atoms with Crippen molar-refractivity contribution in [1.29, 1.82) is 0 Å². The van der Waals surface area contributed by atoms with Crippen molar-refractivity contribution in [3.8, 4) is 0 Å². The Hall–Kier alpha value is -1.94. The lowest BCUT2D eigenvalue weighted by atomic mass is 9.99. The molecule has 1 aromatic heterocycles. The number of pyridine rings is 1. The number of fused-ring (bicyclic) bond motifs is 1. The van der Waals surface area contributed by atoms with Crippen LogP contribution < -0.4 is 11.5 Å². The Kier molecular flexibility index (Phi) is 3.06. The first-order valence-electron chi connectivity index (χ1n) is 5.48. The second-order valence-corrected chi connectivity index (χ2v) is 4.15. The van der Waals surface area contributed by atoms with E-state index in [0.717, 1.165) is 22.2 Å². The Morgan fingerprint density at radius 3 is 2.82 bits per heavy atom. The fourth-order valence-corrected chi connectivity index (χ4v) is 1.97. The van der Waals surface area contributed by atoms with Crippen LogP contribution in [0.1, 0.15) is 23.7 Å². The number of benzene rings is 1. The third kappa shape index (κ3) is 2.42. The zero-order valence-electron chi connectivity index (χ0n) is 9.68. The minimum atomic E-state index is -0.393. The first kappa shape index (κ1) is 11.5. The van der Waals surface area contributed by atoms with E-state index in [1.54, 1.807) is 0 Å². The lowest BCUT2D eigenvalue weighted by Gasteiger charge is -2.13. The van der Waals surface area contributed by atoms with Gasteiger partial charge in [-0.2, -0.15) is 0 Å². The fourth-order valence-electron chi connectivity index (χ4n) is 1.97. The molecule has 17 heavy (non-hydrogen) atoms. The van der Waals surface area contributed by atoms with Gasteiger partial charge in [0.05, 0.1) is 5.52 Å². The summed E-state index contributed by atoms with van der Waals surface area (Å²) in [5, 5.41) is 0.979.